The lowest BCUT2D eigenvalue weighted by atomic mass is 9.96. The standard InChI is InChI=1S/C12H10BrClF6O/c1-2-21-8-4-3-6(13)5-7(8)9(14)10(11(15,16)17)12(18,19)20/h3-5,9-10H,2H2,1H3. The zero-order chi connectivity index (χ0) is 16.4. The van der Waals surface area contributed by atoms with Crippen molar-refractivity contribution >= 4 is 27.5 Å². The third-order valence-corrected chi connectivity index (χ3v) is 3.55. The average Bonchev–Trinajstić information content (AvgIpc) is 2.27. The molecule has 0 bridgehead atoms. The van der Waals surface area contributed by atoms with Crippen LogP contribution in [0.3, 0.4) is 0 Å². The van der Waals surface area contributed by atoms with Crippen LogP contribution in [0, 0.1) is 5.92 Å². The third kappa shape index (κ3) is 4.67. The maximum atomic E-state index is 12.7. The molecule has 120 valence electrons. The predicted octanol–water partition coefficient (Wildman–Crippen LogP) is 5.87. The number of halogens is 8. The fraction of sp³-hybridized carbons (Fsp3) is 0.500. The van der Waals surface area contributed by atoms with E-state index in [1.165, 1.54) is 12.1 Å². The van der Waals surface area contributed by atoms with Crippen LogP contribution in [0.25, 0.3) is 0 Å². The van der Waals surface area contributed by atoms with Gasteiger partial charge in [0.1, 0.15) is 5.75 Å². The lowest BCUT2D eigenvalue weighted by molar-refractivity contribution is -0.284. The van der Waals surface area contributed by atoms with E-state index in [0.717, 1.165) is 6.07 Å². The van der Waals surface area contributed by atoms with Crippen LogP contribution in [0.4, 0.5) is 26.3 Å². The Bertz CT molecular complexity index is 474. The zero-order valence-electron chi connectivity index (χ0n) is 10.5. The predicted molar refractivity (Wildman–Crippen MR) is 69.5 cm³/mol. The highest BCUT2D eigenvalue weighted by Gasteiger charge is 2.60. The second-order valence-electron chi connectivity index (χ2n) is 4.08. The summed E-state index contributed by atoms with van der Waals surface area (Å²) in [7, 11) is 0. The number of rotatable bonds is 4. The number of hydrogen-bond donors (Lipinski definition) is 0. The van der Waals surface area contributed by atoms with E-state index in [0.29, 0.717) is 4.47 Å². The van der Waals surface area contributed by atoms with E-state index in [4.69, 9.17) is 16.3 Å². The Morgan fingerprint density at radius 1 is 1.14 bits per heavy atom. The molecule has 0 aliphatic rings. The highest BCUT2D eigenvalue weighted by atomic mass is 79.9. The number of ether oxygens (including phenoxy) is 1. The summed E-state index contributed by atoms with van der Waals surface area (Å²) in [6.45, 7) is 1.64. The van der Waals surface area contributed by atoms with Gasteiger partial charge in [-0.3, -0.25) is 0 Å². The molecule has 21 heavy (non-hydrogen) atoms. The fourth-order valence-electron chi connectivity index (χ4n) is 1.72. The Morgan fingerprint density at radius 2 is 1.67 bits per heavy atom. The Kier molecular flexibility index (Phi) is 5.83. The van der Waals surface area contributed by atoms with Crippen molar-refractivity contribution in [1.82, 2.24) is 0 Å². The fourth-order valence-corrected chi connectivity index (χ4v) is 2.55. The minimum atomic E-state index is -5.52. The van der Waals surface area contributed by atoms with Gasteiger partial charge in [0, 0.05) is 10.0 Å². The molecule has 0 spiro atoms. The maximum absolute atomic E-state index is 12.7. The molecule has 1 atom stereocenters. The van der Waals surface area contributed by atoms with Gasteiger partial charge in [0.05, 0.1) is 12.0 Å². The Labute approximate surface area is 130 Å². The Morgan fingerprint density at radius 3 is 2.10 bits per heavy atom. The molecule has 1 unspecified atom stereocenters. The molecule has 0 saturated carbocycles. The summed E-state index contributed by atoms with van der Waals surface area (Å²) in [6, 6.07) is 3.80. The highest BCUT2D eigenvalue weighted by Crippen LogP contribution is 2.51. The van der Waals surface area contributed by atoms with E-state index in [2.05, 4.69) is 15.9 Å². The molecule has 1 rings (SSSR count). The van der Waals surface area contributed by atoms with Gasteiger partial charge in [0.25, 0.3) is 0 Å². The molecule has 0 amide bonds. The summed E-state index contributed by atoms with van der Waals surface area (Å²) >= 11 is 8.50. The second-order valence-corrected chi connectivity index (χ2v) is 5.46. The molecule has 0 aliphatic carbocycles. The summed E-state index contributed by atoms with van der Waals surface area (Å²) in [5.74, 6) is -3.79. The van der Waals surface area contributed by atoms with Gasteiger partial charge in [0.2, 0.25) is 0 Å². The molecular weight excluding hydrogens is 389 g/mol. The van der Waals surface area contributed by atoms with Crippen LogP contribution in [0.15, 0.2) is 22.7 Å². The maximum Gasteiger partial charge on any atom is 0.402 e. The first-order valence-corrected chi connectivity index (χ1v) is 6.91. The summed E-state index contributed by atoms with van der Waals surface area (Å²) in [4.78, 5) is 0. The molecule has 0 aliphatic heterocycles. The van der Waals surface area contributed by atoms with Crippen molar-refractivity contribution in [2.24, 2.45) is 5.92 Å². The van der Waals surface area contributed by atoms with Crippen LogP contribution < -0.4 is 4.74 Å². The lowest BCUT2D eigenvalue weighted by Crippen LogP contribution is -2.39. The first kappa shape index (κ1) is 18.4. The summed E-state index contributed by atoms with van der Waals surface area (Å²) in [5, 5.41) is -2.34. The van der Waals surface area contributed by atoms with Crippen molar-refractivity contribution in [2.45, 2.75) is 24.7 Å². The molecular formula is C12H10BrClF6O. The van der Waals surface area contributed by atoms with Crippen molar-refractivity contribution in [3.8, 4) is 5.75 Å². The molecule has 0 saturated heterocycles. The summed E-state index contributed by atoms with van der Waals surface area (Å²) in [6.07, 6.45) is -11.0. The van der Waals surface area contributed by atoms with E-state index in [-0.39, 0.29) is 17.9 Å². The largest absolute Gasteiger partial charge is 0.494 e. The molecule has 1 nitrogen and oxygen atoms in total. The topological polar surface area (TPSA) is 9.23 Å². The SMILES string of the molecule is CCOc1ccc(Br)cc1C(Cl)C(C(F)(F)F)C(F)(F)F. The third-order valence-electron chi connectivity index (χ3n) is 2.57. The first-order chi connectivity index (χ1) is 9.48. The summed E-state index contributed by atoms with van der Waals surface area (Å²) in [5.41, 5.74) is -0.368. The molecule has 1 aromatic carbocycles. The van der Waals surface area contributed by atoms with E-state index < -0.39 is 23.6 Å². The Balaban J connectivity index is 3.33. The number of hydrogen-bond acceptors (Lipinski definition) is 1. The van der Waals surface area contributed by atoms with Gasteiger partial charge in [-0.1, -0.05) is 15.9 Å². The van der Waals surface area contributed by atoms with Crippen molar-refractivity contribution in [2.75, 3.05) is 6.61 Å². The monoisotopic (exact) mass is 398 g/mol. The van der Waals surface area contributed by atoms with Gasteiger partial charge in [-0.15, -0.1) is 11.6 Å². The molecule has 0 N–H and O–H groups in total. The zero-order valence-corrected chi connectivity index (χ0v) is 12.9. The number of alkyl halides is 7. The molecule has 0 fully saturated rings. The van der Waals surface area contributed by atoms with E-state index in [1.54, 1.807) is 6.92 Å². The minimum Gasteiger partial charge on any atom is -0.494 e. The van der Waals surface area contributed by atoms with Crippen molar-refractivity contribution in [3.05, 3.63) is 28.2 Å². The highest BCUT2D eigenvalue weighted by molar-refractivity contribution is 9.10. The molecule has 1 aromatic rings. The second kappa shape index (κ2) is 6.64. The summed E-state index contributed by atoms with van der Waals surface area (Å²) < 4.78 is 81.6. The minimum absolute atomic E-state index is 0.0843. The van der Waals surface area contributed by atoms with Crippen LogP contribution in [-0.4, -0.2) is 19.0 Å². The van der Waals surface area contributed by atoms with E-state index >= 15 is 0 Å². The molecule has 0 aromatic heterocycles. The molecule has 0 radical (unpaired) electrons. The van der Waals surface area contributed by atoms with Gasteiger partial charge < -0.3 is 4.74 Å². The van der Waals surface area contributed by atoms with Gasteiger partial charge in [-0.2, -0.15) is 26.3 Å². The lowest BCUT2D eigenvalue weighted by Gasteiger charge is -2.28. The Hall–Kier alpha value is -0.630. The van der Waals surface area contributed by atoms with Gasteiger partial charge in [0.15, 0.2) is 5.92 Å². The van der Waals surface area contributed by atoms with E-state index in [1.807, 2.05) is 0 Å². The first-order valence-electron chi connectivity index (χ1n) is 5.68. The quantitative estimate of drug-likeness (QED) is 0.455. The van der Waals surface area contributed by atoms with Crippen LogP contribution >= 0.6 is 27.5 Å². The normalized spacial score (nSPS) is 14.4. The van der Waals surface area contributed by atoms with Crippen molar-refractivity contribution in [1.29, 1.82) is 0 Å². The molecule has 0 heterocycles. The van der Waals surface area contributed by atoms with Crippen LogP contribution in [0.5, 0.6) is 5.75 Å². The van der Waals surface area contributed by atoms with Crippen LogP contribution in [0.2, 0.25) is 0 Å². The van der Waals surface area contributed by atoms with Crippen molar-refractivity contribution in [3.63, 3.8) is 0 Å². The van der Waals surface area contributed by atoms with Gasteiger partial charge >= 0.3 is 12.4 Å². The van der Waals surface area contributed by atoms with E-state index in [9.17, 15) is 26.3 Å². The smallest absolute Gasteiger partial charge is 0.402 e. The average molecular weight is 400 g/mol. The van der Waals surface area contributed by atoms with Gasteiger partial charge in [-0.25, -0.2) is 0 Å². The number of benzene rings is 1. The van der Waals surface area contributed by atoms with Crippen LogP contribution in [0.1, 0.15) is 17.9 Å². The molecule has 9 heteroatoms. The van der Waals surface area contributed by atoms with Crippen molar-refractivity contribution < 1.29 is 31.1 Å². The van der Waals surface area contributed by atoms with Crippen LogP contribution in [-0.2, 0) is 0 Å². The van der Waals surface area contributed by atoms with Gasteiger partial charge in [-0.05, 0) is 25.1 Å².